The van der Waals surface area contributed by atoms with E-state index in [1.165, 1.54) is 0 Å². The molecule has 4 heteroatoms. The number of nitrogens with zero attached hydrogens (tertiary/aromatic N) is 2. The molecular weight excluding hydrogens is 238 g/mol. The van der Waals surface area contributed by atoms with Gasteiger partial charge < -0.3 is 4.74 Å². The SMILES string of the molecule is CCC1CN(C2CCC(C#N)(NC(C)C)C2)CCO1. The van der Waals surface area contributed by atoms with Gasteiger partial charge in [-0.25, -0.2) is 0 Å². The van der Waals surface area contributed by atoms with Crippen molar-refractivity contribution in [3.8, 4) is 6.07 Å². The van der Waals surface area contributed by atoms with E-state index in [1.54, 1.807) is 0 Å². The zero-order chi connectivity index (χ0) is 13.9. The largest absolute Gasteiger partial charge is 0.376 e. The van der Waals surface area contributed by atoms with Gasteiger partial charge in [0.15, 0.2) is 0 Å². The minimum atomic E-state index is -0.307. The first kappa shape index (κ1) is 14.8. The number of ether oxygens (including phenoxy) is 1. The van der Waals surface area contributed by atoms with Gasteiger partial charge in [-0.05, 0) is 39.5 Å². The van der Waals surface area contributed by atoms with Crippen molar-refractivity contribution >= 4 is 0 Å². The van der Waals surface area contributed by atoms with Gasteiger partial charge in [0.1, 0.15) is 5.54 Å². The third kappa shape index (κ3) is 3.47. The smallest absolute Gasteiger partial charge is 0.108 e. The molecule has 1 aliphatic heterocycles. The molecule has 1 N–H and O–H groups in total. The van der Waals surface area contributed by atoms with E-state index in [0.29, 0.717) is 18.2 Å². The van der Waals surface area contributed by atoms with Crippen LogP contribution in [0.1, 0.15) is 46.5 Å². The van der Waals surface area contributed by atoms with Gasteiger partial charge in [-0.3, -0.25) is 10.2 Å². The Morgan fingerprint density at radius 2 is 2.32 bits per heavy atom. The topological polar surface area (TPSA) is 48.3 Å². The van der Waals surface area contributed by atoms with Crippen molar-refractivity contribution in [3.05, 3.63) is 0 Å². The predicted octanol–water partition coefficient (Wildman–Crippen LogP) is 1.91. The first-order valence-corrected chi connectivity index (χ1v) is 7.63. The highest BCUT2D eigenvalue weighted by molar-refractivity contribution is 5.14. The number of hydrogen-bond donors (Lipinski definition) is 1. The Balaban J connectivity index is 1.95. The van der Waals surface area contributed by atoms with E-state index in [1.807, 2.05) is 0 Å². The van der Waals surface area contributed by atoms with Crippen LogP contribution in [-0.4, -0.2) is 48.3 Å². The molecular formula is C15H27N3O. The van der Waals surface area contributed by atoms with Crippen LogP contribution in [0.4, 0.5) is 0 Å². The van der Waals surface area contributed by atoms with Crippen molar-refractivity contribution in [3.63, 3.8) is 0 Å². The Kier molecular flexibility index (Phi) is 4.83. The summed E-state index contributed by atoms with van der Waals surface area (Å²) in [5.74, 6) is 0. The monoisotopic (exact) mass is 265 g/mol. The summed E-state index contributed by atoms with van der Waals surface area (Å²) in [7, 11) is 0. The predicted molar refractivity (Wildman–Crippen MR) is 75.9 cm³/mol. The molecule has 0 spiro atoms. The fourth-order valence-corrected chi connectivity index (χ4v) is 3.47. The molecule has 1 aliphatic carbocycles. The molecule has 0 bridgehead atoms. The van der Waals surface area contributed by atoms with Crippen molar-refractivity contribution < 1.29 is 4.74 Å². The molecule has 0 aromatic rings. The second-order valence-corrected chi connectivity index (χ2v) is 6.29. The van der Waals surface area contributed by atoms with Gasteiger partial charge in [0.05, 0.1) is 18.8 Å². The third-order valence-electron chi connectivity index (χ3n) is 4.41. The zero-order valence-electron chi connectivity index (χ0n) is 12.5. The highest BCUT2D eigenvalue weighted by Crippen LogP contribution is 2.34. The molecule has 1 saturated heterocycles. The molecule has 0 amide bonds. The number of rotatable bonds is 4. The van der Waals surface area contributed by atoms with Gasteiger partial charge in [0, 0.05) is 25.2 Å². The minimum Gasteiger partial charge on any atom is -0.376 e. The van der Waals surface area contributed by atoms with E-state index in [-0.39, 0.29) is 5.54 Å². The van der Waals surface area contributed by atoms with E-state index >= 15 is 0 Å². The molecule has 108 valence electrons. The Labute approximate surface area is 117 Å². The molecule has 1 saturated carbocycles. The Bertz CT molecular complexity index is 339. The second kappa shape index (κ2) is 6.21. The van der Waals surface area contributed by atoms with Gasteiger partial charge >= 0.3 is 0 Å². The molecule has 3 atom stereocenters. The van der Waals surface area contributed by atoms with E-state index in [4.69, 9.17) is 4.74 Å². The summed E-state index contributed by atoms with van der Waals surface area (Å²) < 4.78 is 5.74. The summed E-state index contributed by atoms with van der Waals surface area (Å²) in [4.78, 5) is 2.54. The van der Waals surface area contributed by atoms with Crippen LogP contribution in [0.2, 0.25) is 0 Å². The first-order chi connectivity index (χ1) is 9.08. The lowest BCUT2D eigenvalue weighted by molar-refractivity contribution is -0.0440. The van der Waals surface area contributed by atoms with Gasteiger partial charge in [-0.2, -0.15) is 5.26 Å². The van der Waals surface area contributed by atoms with Crippen LogP contribution in [0.25, 0.3) is 0 Å². The highest BCUT2D eigenvalue weighted by atomic mass is 16.5. The highest BCUT2D eigenvalue weighted by Gasteiger charge is 2.42. The molecule has 1 heterocycles. The Morgan fingerprint density at radius 1 is 1.53 bits per heavy atom. The molecule has 2 aliphatic rings. The van der Waals surface area contributed by atoms with Crippen molar-refractivity contribution in [1.29, 1.82) is 5.26 Å². The second-order valence-electron chi connectivity index (χ2n) is 6.29. The van der Waals surface area contributed by atoms with Crippen LogP contribution in [0.15, 0.2) is 0 Å². The quantitative estimate of drug-likeness (QED) is 0.843. The minimum absolute atomic E-state index is 0.307. The van der Waals surface area contributed by atoms with E-state index in [0.717, 1.165) is 45.4 Å². The van der Waals surface area contributed by atoms with Gasteiger partial charge in [-0.1, -0.05) is 6.92 Å². The van der Waals surface area contributed by atoms with E-state index < -0.39 is 0 Å². The lowest BCUT2D eigenvalue weighted by Gasteiger charge is -2.37. The van der Waals surface area contributed by atoms with Crippen LogP contribution >= 0.6 is 0 Å². The lowest BCUT2D eigenvalue weighted by Crippen LogP contribution is -2.50. The summed E-state index contributed by atoms with van der Waals surface area (Å²) in [5.41, 5.74) is -0.307. The van der Waals surface area contributed by atoms with Crippen molar-refractivity contribution in [2.75, 3.05) is 19.7 Å². The fraction of sp³-hybridized carbons (Fsp3) is 0.933. The third-order valence-corrected chi connectivity index (χ3v) is 4.41. The fourth-order valence-electron chi connectivity index (χ4n) is 3.47. The van der Waals surface area contributed by atoms with Crippen molar-refractivity contribution in [2.24, 2.45) is 0 Å². The van der Waals surface area contributed by atoms with E-state index in [9.17, 15) is 5.26 Å². The molecule has 2 rings (SSSR count). The van der Waals surface area contributed by atoms with Crippen LogP contribution in [0, 0.1) is 11.3 Å². The van der Waals surface area contributed by atoms with Gasteiger partial charge in [0.2, 0.25) is 0 Å². The molecule has 19 heavy (non-hydrogen) atoms. The molecule has 0 radical (unpaired) electrons. The summed E-state index contributed by atoms with van der Waals surface area (Å²) >= 11 is 0. The number of morpholine rings is 1. The number of nitrogens with one attached hydrogen (secondary N) is 1. The summed E-state index contributed by atoms with van der Waals surface area (Å²) in [6.45, 7) is 9.31. The maximum absolute atomic E-state index is 9.52. The maximum Gasteiger partial charge on any atom is 0.108 e. The van der Waals surface area contributed by atoms with Crippen LogP contribution in [-0.2, 0) is 4.74 Å². The Morgan fingerprint density at radius 3 is 2.95 bits per heavy atom. The van der Waals surface area contributed by atoms with Gasteiger partial charge in [0.25, 0.3) is 0 Å². The zero-order valence-corrected chi connectivity index (χ0v) is 12.5. The first-order valence-electron chi connectivity index (χ1n) is 7.63. The average Bonchev–Trinajstić information content (AvgIpc) is 2.83. The summed E-state index contributed by atoms with van der Waals surface area (Å²) in [6, 6.07) is 3.45. The Hall–Kier alpha value is -0.630. The van der Waals surface area contributed by atoms with Crippen LogP contribution in [0.3, 0.4) is 0 Å². The maximum atomic E-state index is 9.52. The van der Waals surface area contributed by atoms with Crippen molar-refractivity contribution in [2.45, 2.75) is 70.2 Å². The number of hydrogen-bond acceptors (Lipinski definition) is 4. The summed E-state index contributed by atoms with van der Waals surface area (Å²) in [5, 5.41) is 13.0. The molecule has 0 aromatic heterocycles. The van der Waals surface area contributed by atoms with Gasteiger partial charge in [-0.15, -0.1) is 0 Å². The molecule has 4 nitrogen and oxygen atoms in total. The molecule has 2 fully saturated rings. The standard InChI is InChI=1S/C15H27N3O/c1-4-14-10-18(7-8-19-14)13-5-6-15(9-13,11-16)17-12(2)3/h12-14,17H,4-10H2,1-3H3. The number of nitriles is 1. The van der Waals surface area contributed by atoms with E-state index in [2.05, 4.69) is 37.1 Å². The summed E-state index contributed by atoms with van der Waals surface area (Å²) in [6.07, 6.45) is 4.52. The van der Waals surface area contributed by atoms with Crippen LogP contribution in [0.5, 0.6) is 0 Å². The van der Waals surface area contributed by atoms with Crippen LogP contribution < -0.4 is 5.32 Å². The average molecular weight is 265 g/mol. The van der Waals surface area contributed by atoms with Crippen molar-refractivity contribution in [1.82, 2.24) is 10.2 Å². The normalized spacial score (nSPS) is 36.6. The lowest BCUT2D eigenvalue weighted by atomic mass is 9.98. The molecule has 0 aromatic carbocycles. The molecule has 3 unspecified atom stereocenters.